The molecule has 8 heavy (non-hydrogen) atoms. The van der Waals surface area contributed by atoms with E-state index < -0.39 is 6.04 Å². The van der Waals surface area contributed by atoms with Gasteiger partial charge in [0.1, 0.15) is 12.6 Å². The second kappa shape index (κ2) is 4.46. The summed E-state index contributed by atoms with van der Waals surface area (Å²) in [6.07, 6.45) is 2.24. The summed E-state index contributed by atoms with van der Waals surface area (Å²) in [7, 11) is 0. The largest absolute Gasteiger partial charge is 0.322 e. The van der Waals surface area contributed by atoms with Crippen molar-refractivity contribution < 1.29 is 9.59 Å². The van der Waals surface area contributed by atoms with Crippen molar-refractivity contribution >= 4 is 12.6 Å². The SMILES string of the molecule is NC(C=O)CCC=O. The monoisotopic (exact) mass is 115 g/mol. The summed E-state index contributed by atoms with van der Waals surface area (Å²) >= 11 is 0. The van der Waals surface area contributed by atoms with Crippen LogP contribution in [0.2, 0.25) is 0 Å². The number of rotatable bonds is 4. The molecule has 1 unspecified atom stereocenters. The molecule has 0 rings (SSSR count). The molecule has 3 heteroatoms. The second-order valence-corrected chi connectivity index (χ2v) is 1.54. The third kappa shape index (κ3) is 3.49. The molecule has 0 aliphatic heterocycles. The fourth-order valence-electron chi connectivity index (χ4n) is 0.329. The van der Waals surface area contributed by atoms with Crippen LogP contribution < -0.4 is 5.73 Å². The second-order valence-electron chi connectivity index (χ2n) is 1.54. The van der Waals surface area contributed by atoms with Crippen LogP contribution in [0.15, 0.2) is 0 Å². The fourth-order valence-corrected chi connectivity index (χ4v) is 0.329. The normalized spacial score (nSPS) is 12.6. The highest BCUT2D eigenvalue weighted by molar-refractivity contribution is 5.58. The zero-order valence-electron chi connectivity index (χ0n) is 4.54. The number of carbonyl (C=O) groups excluding carboxylic acids is 2. The average Bonchev–Trinajstić information content (AvgIpc) is 1.83. The molecule has 0 bridgehead atoms. The first-order valence-electron chi connectivity index (χ1n) is 2.45. The topological polar surface area (TPSA) is 60.2 Å². The maximum absolute atomic E-state index is 9.77. The molecule has 0 saturated carbocycles. The number of hydrogen-bond acceptors (Lipinski definition) is 3. The molecule has 0 aliphatic carbocycles. The van der Waals surface area contributed by atoms with Crippen molar-refractivity contribution in [3.63, 3.8) is 0 Å². The van der Waals surface area contributed by atoms with Crippen LogP contribution in [0.25, 0.3) is 0 Å². The van der Waals surface area contributed by atoms with Crippen molar-refractivity contribution in [2.75, 3.05) is 0 Å². The van der Waals surface area contributed by atoms with Gasteiger partial charge in [0, 0.05) is 6.42 Å². The molecule has 3 nitrogen and oxygen atoms in total. The Balaban J connectivity index is 3.09. The molecular weight excluding hydrogens is 106 g/mol. The zero-order valence-corrected chi connectivity index (χ0v) is 4.54. The lowest BCUT2D eigenvalue weighted by atomic mass is 10.2. The van der Waals surface area contributed by atoms with Gasteiger partial charge in [-0.05, 0) is 6.42 Å². The van der Waals surface area contributed by atoms with E-state index in [9.17, 15) is 9.59 Å². The number of nitrogens with two attached hydrogens (primary N) is 1. The molecule has 0 spiro atoms. The van der Waals surface area contributed by atoms with Crippen molar-refractivity contribution in [3.05, 3.63) is 0 Å². The van der Waals surface area contributed by atoms with Crippen LogP contribution in [-0.4, -0.2) is 18.6 Å². The Labute approximate surface area is 47.9 Å². The summed E-state index contributed by atoms with van der Waals surface area (Å²) in [5, 5.41) is 0. The molecule has 0 radical (unpaired) electrons. The number of carbonyl (C=O) groups is 2. The Bertz CT molecular complexity index is 82.5. The molecular formula is C5H9NO2. The summed E-state index contributed by atoms with van der Waals surface area (Å²) in [5.74, 6) is 0. The first kappa shape index (κ1) is 7.30. The minimum atomic E-state index is -0.458. The van der Waals surface area contributed by atoms with E-state index in [0.29, 0.717) is 19.1 Å². The molecule has 46 valence electrons. The Morgan fingerprint density at radius 2 is 2.12 bits per heavy atom. The lowest BCUT2D eigenvalue weighted by Crippen LogP contribution is -2.20. The van der Waals surface area contributed by atoms with Gasteiger partial charge in [0.05, 0.1) is 6.04 Å². The zero-order chi connectivity index (χ0) is 6.41. The molecule has 0 aromatic carbocycles. The molecule has 0 fully saturated rings. The van der Waals surface area contributed by atoms with Gasteiger partial charge in [-0.15, -0.1) is 0 Å². The fraction of sp³-hybridized carbons (Fsp3) is 0.600. The van der Waals surface area contributed by atoms with Gasteiger partial charge < -0.3 is 15.3 Å². The molecule has 0 amide bonds. The Morgan fingerprint density at radius 1 is 1.50 bits per heavy atom. The third-order valence-corrected chi connectivity index (χ3v) is 0.793. The van der Waals surface area contributed by atoms with Gasteiger partial charge in [0.25, 0.3) is 0 Å². The van der Waals surface area contributed by atoms with Gasteiger partial charge in [-0.2, -0.15) is 0 Å². The van der Waals surface area contributed by atoms with E-state index in [1.807, 2.05) is 0 Å². The predicted molar refractivity (Wildman–Crippen MR) is 29.3 cm³/mol. The maximum atomic E-state index is 9.77. The Kier molecular flexibility index (Phi) is 4.07. The third-order valence-electron chi connectivity index (χ3n) is 0.793. The van der Waals surface area contributed by atoms with Crippen molar-refractivity contribution in [3.8, 4) is 0 Å². The first-order chi connectivity index (χ1) is 3.81. The van der Waals surface area contributed by atoms with Crippen molar-refractivity contribution in [2.24, 2.45) is 5.73 Å². The Morgan fingerprint density at radius 3 is 2.50 bits per heavy atom. The number of aldehydes is 2. The Hall–Kier alpha value is -0.700. The van der Waals surface area contributed by atoms with E-state index in [1.54, 1.807) is 0 Å². The van der Waals surface area contributed by atoms with Crippen LogP contribution >= 0.6 is 0 Å². The summed E-state index contributed by atoms with van der Waals surface area (Å²) in [6, 6.07) is -0.458. The summed E-state index contributed by atoms with van der Waals surface area (Å²) in [5.41, 5.74) is 5.13. The van der Waals surface area contributed by atoms with Gasteiger partial charge in [-0.1, -0.05) is 0 Å². The van der Waals surface area contributed by atoms with Crippen molar-refractivity contribution in [2.45, 2.75) is 18.9 Å². The van der Waals surface area contributed by atoms with Crippen LogP contribution in [-0.2, 0) is 9.59 Å². The van der Waals surface area contributed by atoms with Gasteiger partial charge >= 0.3 is 0 Å². The highest BCUT2D eigenvalue weighted by atomic mass is 16.1. The van der Waals surface area contributed by atoms with Gasteiger partial charge in [0.15, 0.2) is 0 Å². The van der Waals surface area contributed by atoms with E-state index in [0.717, 1.165) is 6.29 Å². The van der Waals surface area contributed by atoms with E-state index in [2.05, 4.69) is 0 Å². The van der Waals surface area contributed by atoms with Crippen molar-refractivity contribution in [1.29, 1.82) is 0 Å². The lowest BCUT2D eigenvalue weighted by Gasteiger charge is -1.95. The van der Waals surface area contributed by atoms with Gasteiger partial charge in [-0.25, -0.2) is 0 Å². The highest BCUT2D eigenvalue weighted by Gasteiger charge is 1.95. The van der Waals surface area contributed by atoms with Crippen LogP contribution in [0.1, 0.15) is 12.8 Å². The van der Waals surface area contributed by atoms with Crippen LogP contribution in [0.3, 0.4) is 0 Å². The summed E-state index contributed by atoms with van der Waals surface area (Å²) in [6.45, 7) is 0. The molecule has 0 heterocycles. The first-order valence-corrected chi connectivity index (χ1v) is 2.45. The molecule has 1 atom stereocenters. The van der Waals surface area contributed by atoms with E-state index in [4.69, 9.17) is 5.73 Å². The molecule has 0 saturated heterocycles. The minimum absolute atomic E-state index is 0.375. The molecule has 0 aliphatic rings. The molecule has 2 N–H and O–H groups in total. The van der Waals surface area contributed by atoms with E-state index >= 15 is 0 Å². The van der Waals surface area contributed by atoms with Crippen LogP contribution in [0.4, 0.5) is 0 Å². The van der Waals surface area contributed by atoms with Crippen LogP contribution in [0, 0.1) is 0 Å². The summed E-state index contributed by atoms with van der Waals surface area (Å²) < 4.78 is 0. The standard InChI is InChI=1S/C5H9NO2/c6-5(4-8)2-1-3-7/h3-5H,1-2,6H2. The van der Waals surface area contributed by atoms with Gasteiger partial charge in [-0.3, -0.25) is 0 Å². The summed E-state index contributed by atoms with van der Waals surface area (Å²) in [4.78, 5) is 19.4. The predicted octanol–water partition coefficient (Wildman–Crippen LogP) is -0.508. The molecule has 0 aromatic heterocycles. The molecule has 0 aromatic rings. The maximum Gasteiger partial charge on any atom is 0.136 e. The average molecular weight is 115 g/mol. The van der Waals surface area contributed by atoms with Crippen molar-refractivity contribution in [1.82, 2.24) is 0 Å². The smallest absolute Gasteiger partial charge is 0.136 e. The quantitative estimate of drug-likeness (QED) is 0.502. The lowest BCUT2D eigenvalue weighted by molar-refractivity contribution is -0.109. The van der Waals surface area contributed by atoms with Crippen LogP contribution in [0.5, 0.6) is 0 Å². The minimum Gasteiger partial charge on any atom is -0.322 e. The van der Waals surface area contributed by atoms with E-state index in [1.165, 1.54) is 0 Å². The van der Waals surface area contributed by atoms with E-state index in [-0.39, 0.29) is 0 Å². The van der Waals surface area contributed by atoms with Gasteiger partial charge in [0.2, 0.25) is 0 Å². The highest BCUT2D eigenvalue weighted by Crippen LogP contribution is 1.85. The number of hydrogen-bond donors (Lipinski definition) is 1.